The van der Waals surface area contributed by atoms with Crippen LogP contribution in [0.3, 0.4) is 0 Å². The Morgan fingerprint density at radius 1 is 1.19 bits per heavy atom. The molecule has 1 fully saturated rings. The Morgan fingerprint density at radius 3 is 2.38 bits per heavy atom. The van der Waals surface area contributed by atoms with Crippen LogP contribution in [0.4, 0.5) is 13.2 Å². The van der Waals surface area contributed by atoms with E-state index >= 15 is 0 Å². The normalized spacial score (nSPS) is 21.0. The molecule has 1 aromatic carbocycles. The van der Waals surface area contributed by atoms with Crippen LogP contribution in [0.1, 0.15) is 17.5 Å². The minimum absolute atomic E-state index is 0.0216. The minimum atomic E-state index is -5.46. The van der Waals surface area contributed by atoms with Gasteiger partial charge in [-0.15, -0.1) is 0 Å². The summed E-state index contributed by atoms with van der Waals surface area (Å²) in [5, 5.41) is 0. The molecule has 0 radical (unpaired) electrons. The Kier molecular flexibility index (Phi) is 3.40. The Hall–Kier alpha value is -0.640. The standard InChI is InChI=1S/C12H10BrF3O4S/c13-8-1-2-9(21(17,18)12(14,15)16)10-7(8)3-4-11(10)19-5-6-20-11/h1-2H,3-6H2. The minimum Gasteiger partial charge on any atom is -0.343 e. The van der Waals surface area contributed by atoms with Gasteiger partial charge in [0.15, 0.2) is 5.79 Å². The number of ether oxygens (including phenoxy) is 2. The smallest absolute Gasteiger partial charge is 0.343 e. The molecule has 3 rings (SSSR count). The van der Waals surface area contributed by atoms with Crippen molar-refractivity contribution in [3.8, 4) is 0 Å². The summed E-state index contributed by atoms with van der Waals surface area (Å²) in [6, 6.07) is 2.26. The number of fused-ring (bicyclic) bond motifs is 2. The van der Waals surface area contributed by atoms with E-state index < -0.39 is 26.0 Å². The van der Waals surface area contributed by atoms with Gasteiger partial charge < -0.3 is 9.47 Å². The first-order valence-electron chi connectivity index (χ1n) is 6.10. The van der Waals surface area contributed by atoms with Gasteiger partial charge in [-0.1, -0.05) is 15.9 Å². The van der Waals surface area contributed by atoms with Crippen LogP contribution in [0.2, 0.25) is 0 Å². The lowest BCUT2D eigenvalue weighted by molar-refractivity contribution is -0.164. The quantitative estimate of drug-likeness (QED) is 0.744. The van der Waals surface area contributed by atoms with Gasteiger partial charge in [0.2, 0.25) is 0 Å². The first kappa shape index (κ1) is 15.3. The van der Waals surface area contributed by atoms with Crippen molar-refractivity contribution in [3.05, 3.63) is 27.7 Å². The molecule has 1 heterocycles. The number of rotatable bonds is 1. The molecule has 116 valence electrons. The molecule has 21 heavy (non-hydrogen) atoms. The van der Waals surface area contributed by atoms with Crippen LogP contribution >= 0.6 is 15.9 Å². The highest BCUT2D eigenvalue weighted by atomic mass is 79.9. The van der Waals surface area contributed by atoms with E-state index in [1.54, 1.807) is 0 Å². The van der Waals surface area contributed by atoms with Crippen LogP contribution in [0.25, 0.3) is 0 Å². The van der Waals surface area contributed by atoms with Crippen molar-refractivity contribution in [1.82, 2.24) is 0 Å². The summed E-state index contributed by atoms with van der Waals surface area (Å²) >= 11 is 3.24. The third-order valence-electron chi connectivity index (χ3n) is 3.65. The maximum atomic E-state index is 12.9. The monoisotopic (exact) mass is 386 g/mol. The molecule has 0 N–H and O–H groups in total. The third kappa shape index (κ3) is 2.13. The van der Waals surface area contributed by atoms with Gasteiger partial charge in [0, 0.05) is 16.5 Å². The number of halogens is 4. The van der Waals surface area contributed by atoms with Gasteiger partial charge in [0.1, 0.15) is 0 Å². The predicted octanol–water partition coefficient (Wildman–Crippen LogP) is 2.89. The van der Waals surface area contributed by atoms with Crippen molar-refractivity contribution in [2.45, 2.75) is 29.0 Å². The fraction of sp³-hybridized carbons (Fsp3) is 0.500. The zero-order chi connectivity index (χ0) is 15.5. The van der Waals surface area contributed by atoms with Gasteiger partial charge in [0.05, 0.1) is 18.1 Å². The van der Waals surface area contributed by atoms with E-state index in [-0.39, 0.29) is 18.8 Å². The lowest BCUT2D eigenvalue weighted by Gasteiger charge is -2.25. The van der Waals surface area contributed by atoms with E-state index in [0.29, 0.717) is 22.9 Å². The molecule has 1 aliphatic heterocycles. The Balaban J connectivity index is 2.29. The highest BCUT2D eigenvalue weighted by molar-refractivity contribution is 9.10. The van der Waals surface area contributed by atoms with Gasteiger partial charge in [-0.25, -0.2) is 8.42 Å². The molecular weight excluding hydrogens is 377 g/mol. The summed E-state index contributed by atoms with van der Waals surface area (Å²) in [5.41, 5.74) is -4.90. The van der Waals surface area contributed by atoms with Crippen molar-refractivity contribution in [2.24, 2.45) is 0 Å². The average molecular weight is 387 g/mol. The average Bonchev–Trinajstić information content (AvgIpc) is 2.99. The van der Waals surface area contributed by atoms with Crippen molar-refractivity contribution >= 4 is 25.8 Å². The van der Waals surface area contributed by atoms with E-state index in [1.165, 1.54) is 6.07 Å². The van der Waals surface area contributed by atoms with Crippen molar-refractivity contribution in [1.29, 1.82) is 0 Å². The molecule has 1 saturated heterocycles. The van der Waals surface area contributed by atoms with Crippen molar-refractivity contribution < 1.29 is 31.1 Å². The molecular formula is C12H10BrF3O4S. The summed E-state index contributed by atoms with van der Waals surface area (Å²) in [6.45, 7) is 0.439. The second-order valence-corrected chi connectivity index (χ2v) is 7.56. The summed E-state index contributed by atoms with van der Waals surface area (Å²) < 4.78 is 73.7. The lowest BCUT2D eigenvalue weighted by atomic mass is 10.1. The van der Waals surface area contributed by atoms with E-state index in [4.69, 9.17) is 9.47 Å². The van der Waals surface area contributed by atoms with E-state index in [0.717, 1.165) is 6.07 Å². The molecule has 1 spiro atoms. The number of sulfone groups is 1. The molecule has 1 aromatic rings. The predicted molar refractivity (Wildman–Crippen MR) is 69.3 cm³/mol. The van der Waals surface area contributed by atoms with E-state index in [9.17, 15) is 21.6 Å². The Labute approximate surface area is 127 Å². The zero-order valence-corrected chi connectivity index (χ0v) is 12.9. The fourth-order valence-electron chi connectivity index (χ4n) is 2.77. The third-order valence-corrected chi connectivity index (χ3v) is 5.92. The second-order valence-electron chi connectivity index (χ2n) is 4.80. The van der Waals surface area contributed by atoms with E-state index in [1.807, 2.05) is 0 Å². The van der Waals surface area contributed by atoms with Crippen molar-refractivity contribution in [3.63, 3.8) is 0 Å². The largest absolute Gasteiger partial charge is 0.501 e. The molecule has 0 atom stereocenters. The second kappa shape index (κ2) is 4.68. The first-order valence-corrected chi connectivity index (χ1v) is 8.38. The molecule has 4 nitrogen and oxygen atoms in total. The Bertz CT molecular complexity index is 693. The summed E-state index contributed by atoms with van der Waals surface area (Å²) in [6.07, 6.45) is 0.683. The highest BCUT2D eigenvalue weighted by Gasteiger charge is 2.54. The molecule has 0 unspecified atom stereocenters. The number of hydrogen-bond acceptors (Lipinski definition) is 4. The van der Waals surface area contributed by atoms with Crippen LogP contribution in [-0.4, -0.2) is 27.1 Å². The van der Waals surface area contributed by atoms with E-state index in [2.05, 4.69) is 15.9 Å². The number of benzene rings is 1. The molecule has 2 aliphatic rings. The number of alkyl halides is 3. The maximum absolute atomic E-state index is 12.9. The molecule has 9 heteroatoms. The zero-order valence-electron chi connectivity index (χ0n) is 10.5. The fourth-order valence-corrected chi connectivity index (χ4v) is 4.34. The van der Waals surface area contributed by atoms with Crippen LogP contribution < -0.4 is 0 Å². The molecule has 1 aliphatic carbocycles. The van der Waals surface area contributed by atoms with Gasteiger partial charge in [-0.2, -0.15) is 13.2 Å². The summed E-state index contributed by atoms with van der Waals surface area (Å²) in [4.78, 5) is -0.785. The lowest BCUT2D eigenvalue weighted by Crippen LogP contribution is -2.30. The van der Waals surface area contributed by atoms with Gasteiger partial charge in [-0.05, 0) is 24.1 Å². The van der Waals surface area contributed by atoms with Gasteiger partial charge in [0.25, 0.3) is 9.84 Å². The van der Waals surface area contributed by atoms with Crippen LogP contribution in [0.15, 0.2) is 21.5 Å². The topological polar surface area (TPSA) is 52.6 Å². The molecule has 0 amide bonds. The first-order chi connectivity index (χ1) is 9.69. The van der Waals surface area contributed by atoms with Gasteiger partial charge >= 0.3 is 5.51 Å². The van der Waals surface area contributed by atoms with Gasteiger partial charge in [-0.3, -0.25) is 0 Å². The summed E-state index contributed by atoms with van der Waals surface area (Å²) in [5.74, 6) is -1.38. The SMILES string of the molecule is O=S(=O)(c1ccc(Br)c2c1C1(CC2)OCCO1)C(F)(F)F. The molecule has 0 aromatic heterocycles. The summed E-state index contributed by atoms with van der Waals surface area (Å²) in [7, 11) is -5.46. The highest BCUT2D eigenvalue weighted by Crippen LogP contribution is 2.50. The molecule has 0 saturated carbocycles. The Morgan fingerprint density at radius 2 is 1.81 bits per heavy atom. The molecule has 0 bridgehead atoms. The van der Waals surface area contributed by atoms with Crippen LogP contribution in [0, 0.1) is 0 Å². The van der Waals surface area contributed by atoms with Crippen LogP contribution in [0.5, 0.6) is 0 Å². The van der Waals surface area contributed by atoms with Crippen molar-refractivity contribution in [2.75, 3.05) is 13.2 Å². The maximum Gasteiger partial charge on any atom is 0.501 e. The number of hydrogen-bond donors (Lipinski definition) is 0. The van der Waals surface area contributed by atoms with Crippen LogP contribution in [-0.2, 0) is 31.5 Å².